The van der Waals surface area contributed by atoms with Crippen LogP contribution < -0.4 is 0 Å². The number of ketones is 1. The van der Waals surface area contributed by atoms with Crippen LogP contribution in [0.4, 0.5) is 17.6 Å². The average Bonchev–Trinajstić information content (AvgIpc) is 2.92. The lowest BCUT2D eigenvalue weighted by Gasteiger charge is -2.13. The molecule has 0 aliphatic rings. The second-order valence-corrected chi connectivity index (χ2v) is 4.87. The summed E-state index contributed by atoms with van der Waals surface area (Å²) in [5.74, 6) is -1.37. The number of halogens is 4. The van der Waals surface area contributed by atoms with Crippen LogP contribution in [0.3, 0.4) is 0 Å². The molecule has 3 aromatic rings. The summed E-state index contributed by atoms with van der Waals surface area (Å²) in [5, 5.41) is 3.95. The van der Waals surface area contributed by atoms with Crippen LogP contribution in [-0.2, 0) is 6.18 Å². The van der Waals surface area contributed by atoms with Crippen molar-refractivity contribution >= 4 is 16.6 Å². The normalized spacial score (nSPS) is 11.9. The molecule has 1 aromatic carbocycles. The molecule has 8 heteroatoms. The summed E-state index contributed by atoms with van der Waals surface area (Å²) in [4.78, 5) is 15.2. The second kappa shape index (κ2) is 5.15. The summed E-state index contributed by atoms with van der Waals surface area (Å²) in [5.41, 5.74) is -1.81. The van der Waals surface area contributed by atoms with Crippen molar-refractivity contribution in [2.24, 2.45) is 0 Å². The number of hydrogen-bond donors (Lipinski definition) is 0. The zero-order valence-electron chi connectivity index (χ0n) is 11.7. The minimum Gasteiger partial charge on any atom is -0.294 e. The molecule has 0 spiro atoms. The molecule has 0 fully saturated rings. The summed E-state index contributed by atoms with van der Waals surface area (Å²) in [6.07, 6.45) is -1.58. The average molecular weight is 323 g/mol. The van der Waals surface area contributed by atoms with Crippen LogP contribution in [0.5, 0.6) is 0 Å². The highest BCUT2D eigenvalue weighted by atomic mass is 19.4. The molecule has 118 valence electrons. The zero-order valence-corrected chi connectivity index (χ0v) is 11.7. The first-order chi connectivity index (χ1) is 10.8. The van der Waals surface area contributed by atoms with E-state index in [-0.39, 0.29) is 16.5 Å². The lowest BCUT2D eigenvalue weighted by Crippen LogP contribution is -2.17. The van der Waals surface area contributed by atoms with E-state index in [9.17, 15) is 22.4 Å². The monoisotopic (exact) mass is 323 g/mol. The third-order valence-electron chi connectivity index (χ3n) is 3.37. The quantitative estimate of drug-likeness (QED) is 0.533. The second-order valence-electron chi connectivity index (χ2n) is 4.87. The molecule has 0 N–H and O–H groups in total. The molecule has 0 amide bonds. The van der Waals surface area contributed by atoms with Gasteiger partial charge < -0.3 is 0 Å². The largest absolute Gasteiger partial charge is 0.434 e. The van der Waals surface area contributed by atoms with Crippen LogP contribution >= 0.6 is 0 Å². The van der Waals surface area contributed by atoms with Gasteiger partial charge in [-0.3, -0.25) is 9.78 Å². The lowest BCUT2D eigenvalue weighted by atomic mass is 10.1. The van der Waals surface area contributed by atoms with E-state index < -0.39 is 29.0 Å². The molecule has 0 radical (unpaired) electrons. The smallest absolute Gasteiger partial charge is 0.294 e. The highest BCUT2D eigenvalue weighted by Gasteiger charge is 2.40. The van der Waals surface area contributed by atoms with Crippen LogP contribution in [0.1, 0.15) is 23.0 Å². The van der Waals surface area contributed by atoms with E-state index >= 15 is 0 Å². The molecule has 0 atom stereocenters. The number of rotatable bonds is 2. The Kier molecular flexibility index (Phi) is 3.39. The molecule has 2 aromatic heterocycles. The summed E-state index contributed by atoms with van der Waals surface area (Å²) < 4.78 is 54.5. The van der Waals surface area contributed by atoms with Crippen LogP contribution in [0.15, 0.2) is 36.8 Å². The Bertz CT molecular complexity index is 915. The number of alkyl halides is 3. The summed E-state index contributed by atoms with van der Waals surface area (Å²) in [7, 11) is 0. The summed E-state index contributed by atoms with van der Waals surface area (Å²) in [6, 6.07) is 4.02. The number of fused-ring (bicyclic) bond motifs is 1. The Hall–Kier alpha value is -2.77. The van der Waals surface area contributed by atoms with Gasteiger partial charge in [0.1, 0.15) is 5.82 Å². The van der Waals surface area contributed by atoms with Crippen molar-refractivity contribution in [3.63, 3.8) is 0 Å². The predicted octanol–water partition coefficient (Wildman–Crippen LogP) is 3.78. The number of nitrogens with zero attached hydrogens (tertiary/aromatic N) is 3. The maximum absolute atomic E-state index is 13.8. The van der Waals surface area contributed by atoms with Gasteiger partial charge in [-0.2, -0.15) is 18.3 Å². The number of hydrogen-bond acceptors (Lipinski definition) is 3. The number of pyridine rings is 1. The molecule has 3 rings (SSSR count). The fraction of sp³-hybridized carbons (Fsp3) is 0.133. The van der Waals surface area contributed by atoms with Gasteiger partial charge in [-0.1, -0.05) is 12.1 Å². The SMILES string of the molecule is CC(=O)c1cnn(-c2cncc3c(F)cccc23)c1C(F)(F)F. The highest BCUT2D eigenvalue weighted by molar-refractivity contribution is 5.96. The lowest BCUT2D eigenvalue weighted by molar-refractivity contribution is -0.143. The zero-order chi connectivity index (χ0) is 16.8. The van der Waals surface area contributed by atoms with Crippen LogP contribution in [0.25, 0.3) is 16.5 Å². The number of aromatic nitrogens is 3. The standard InChI is InChI=1S/C15H9F4N3O/c1-8(23)10-6-21-22(14(10)15(17,18)19)13-7-20-5-11-9(13)3-2-4-12(11)16/h2-7H,1H3. The maximum Gasteiger partial charge on any atom is 0.434 e. The van der Waals surface area contributed by atoms with Gasteiger partial charge in [0.15, 0.2) is 11.5 Å². The van der Waals surface area contributed by atoms with E-state index in [0.717, 1.165) is 19.3 Å². The molecule has 0 unspecified atom stereocenters. The molecule has 2 heterocycles. The molecule has 4 nitrogen and oxygen atoms in total. The molecule has 0 saturated heterocycles. The van der Waals surface area contributed by atoms with Crippen molar-refractivity contribution in [3.05, 3.63) is 53.9 Å². The molecule has 0 aliphatic heterocycles. The van der Waals surface area contributed by atoms with Gasteiger partial charge in [0.05, 0.1) is 23.6 Å². The number of Topliss-reactive ketones (excluding diaryl/α,β-unsaturated/α-hetero) is 1. The highest BCUT2D eigenvalue weighted by Crippen LogP contribution is 2.35. The van der Waals surface area contributed by atoms with Gasteiger partial charge in [-0.25, -0.2) is 9.07 Å². The Morgan fingerprint density at radius 2 is 1.87 bits per heavy atom. The van der Waals surface area contributed by atoms with Crippen molar-refractivity contribution < 1.29 is 22.4 Å². The van der Waals surface area contributed by atoms with Crippen molar-refractivity contribution in [2.45, 2.75) is 13.1 Å². The number of carbonyl (C=O) groups excluding carboxylic acids is 1. The Morgan fingerprint density at radius 3 is 2.52 bits per heavy atom. The first-order valence-corrected chi connectivity index (χ1v) is 6.49. The van der Waals surface area contributed by atoms with Gasteiger partial charge in [0.25, 0.3) is 0 Å². The minimum absolute atomic E-state index is 0.0539. The van der Waals surface area contributed by atoms with Crippen molar-refractivity contribution in [1.82, 2.24) is 14.8 Å². The Balaban J connectivity index is 2.37. The van der Waals surface area contributed by atoms with Crippen LogP contribution in [-0.4, -0.2) is 20.5 Å². The fourth-order valence-electron chi connectivity index (χ4n) is 2.37. The predicted molar refractivity (Wildman–Crippen MR) is 73.8 cm³/mol. The number of carbonyl (C=O) groups is 1. The van der Waals surface area contributed by atoms with E-state index in [1.54, 1.807) is 0 Å². The third kappa shape index (κ3) is 2.45. The molecule has 23 heavy (non-hydrogen) atoms. The maximum atomic E-state index is 13.8. The molecular formula is C15H9F4N3O. The van der Waals surface area contributed by atoms with Crippen molar-refractivity contribution in [2.75, 3.05) is 0 Å². The Morgan fingerprint density at radius 1 is 1.13 bits per heavy atom. The van der Waals surface area contributed by atoms with Gasteiger partial charge in [-0.15, -0.1) is 0 Å². The minimum atomic E-state index is -4.80. The van der Waals surface area contributed by atoms with Crippen LogP contribution in [0, 0.1) is 5.82 Å². The van der Waals surface area contributed by atoms with Gasteiger partial charge >= 0.3 is 6.18 Å². The molecular weight excluding hydrogens is 314 g/mol. The van der Waals surface area contributed by atoms with Crippen LogP contribution in [0.2, 0.25) is 0 Å². The van der Waals surface area contributed by atoms with Crippen molar-refractivity contribution in [1.29, 1.82) is 0 Å². The van der Waals surface area contributed by atoms with E-state index in [0.29, 0.717) is 4.68 Å². The summed E-state index contributed by atoms with van der Waals surface area (Å²) >= 11 is 0. The topological polar surface area (TPSA) is 47.8 Å². The molecule has 0 saturated carbocycles. The Labute approximate surface area is 127 Å². The first-order valence-electron chi connectivity index (χ1n) is 6.49. The van der Waals surface area contributed by atoms with E-state index in [1.807, 2.05) is 0 Å². The van der Waals surface area contributed by atoms with Gasteiger partial charge in [-0.05, 0) is 13.0 Å². The fourth-order valence-corrected chi connectivity index (χ4v) is 2.37. The van der Waals surface area contributed by atoms with E-state index in [2.05, 4.69) is 10.1 Å². The van der Waals surface area contributed by atoms with Crippen molar-refractivity contribution in [3.8, 4) is 5.69 Å². The molecule has 0 bridgehead atoms. The van der Waals surface area contributed by atoms with Gasteiger partial charge in [0, 0.05) is 17.0 Å². The molecule has 0 aliphatic carbocycles. The third-order valence-corrected chi connectivity index (χ3v) is 3.37. The first kappa shape index (κ1) is 15.1. The van der Waals surface area contributed by atoms with E-state index in [4.69, 9.17) is 0 Å². The van der Waals surface area contributed by atoms with E-state index in [1.165, 1.54) is 24.4 Å². The summed E-state index contributed by atoms with van der Waals surface area (Å²) in [6.45, 7) is 1.03. The van der Waals surface area contributed by atoms with Gasteiger partial charge in [0.2, 0.25) is 0 Å². The number of benzene rings is 1.